The number of piperidine rings is 2. The molecule has 4 heteroatoms. The zero-order valence-corrected chi connectivity index (χ0v) is 20.5. The van der Waals surface area contributed by atoms with Gasteiger partial charge in [0.25, 0.3) is 0 Å². The summed E-state index contributed by atoms with van der Waals surface area (Å²) in [6.45, 7) is 4.49. The Balaban J connectivity index is 1.24. The Morgan fingerprint density at radius 3 is 2.45 bits per heavy atom. The molecule has 2 aliphatic heterocycles. The molecule has 31 heavy (non-hydrogen) atoms. The predicted octanol–water partition coefficient (Wildman–Crippen LogP) is 5.27. The number of halogens is 1. The lowest BCUT2D eigenvalue weighted by Gasteiger charge is -2.51. The van der Waals surface area contributed by atoms with Crippen LogP contribution < -0.4 is 0 Å². The molecule has 1 N–H and O–H groups in total. The van der Waals surface area contributed by atoms with Gasteiger partial charge in [-0.3, -0.25) is 9.80 Å². The minimum absolute atomic E-state index is 0.160. The highest BCUT2D eigenvalue weighted by atomic mass is 127. The van der Waals surface area contributed by atoms with Gasteiger partial charge in [0.2, 0.25) is 0 Å². The van der Waals surface area contributed by atoms with Crippen LogP contribution in [0, 0.1) is 9.49 Å². The van der Waals surface area contributed by atoms with E-state index in [1.807, 2.05) is 0 Å². The molecule has 3 fully saturated rings. The monoisotopic (exact) mass is 530 g/mol. The van der Waals surface area contributed by atoms with Crippen molar-refractivity contribution in [3.8, 4) is 0 Å². The van der Waals surface area contributed by atoms with Crippen molar-refractivity contribution in [3.05, 3.63) is 69.3 Å². The molecule has 2 saturated heterocycles. The van der Waals surface area contributed by atoms with Gasteiger partial charge in [0, 0.05) is 22.2 Å². The van der Waals surface area contributed by atoms with E-state index in [0.29, 0.717) is 23.9 Å². The summed E-state index contributed by atoms with van der Waals surface area (Å²) < 4.78 is 1.32. The number of nitrogens with zero attached hydrogens (tertiary/aromatic N) is 2. The first-order valence-corrected chi connectivity index (χ1v) is 13.2. The fraction of sp³-hybridized carbons (Fsp3) is 0.556. The van der Waals surface area contributed by atoms with Gasteiger partial charge in [-0.1, -0.05) is 42.5 Å². The number of aliphatic hydroxyl groups excluding tert-OH is 1. The average Bonchev–Trinajstić information content (AvgIpc) is 2.80. The van der Waals surface area contributed by atoms with Crippen molar-refractivity contribution in [3.63, 3.8) is 0 Å². The Kier molecular flexibility index (Phi) is 6.98. The fourth-order valence-electron chi connectivity index (χ4n) is 6.45. The highest BCUT2D eigenvalue weighted by molar-refractivity contribution is 14.1. The van der Waals surface area contributed by atoms with Gasteiger partial charge in [-0.2, -0.15) is 0 Å². The number of aliphatic hydroxyl groups is 1. The summed E-state index contributed by atoms with van der Waals surface area (Å²) in [7, 11) is 0. The number of likely N-dealkylation sites (tertiary alicyclic amines) is 2. The van der Waals surface area contributed by atoms with Crippen LogP contribution >= 0.6 is 22.6 Å². The lowest BCUT2D eigenvalue weighted by atomic mass is 9.73. The standard InChI is InChI=1S/C27H35IN2O/c28-24-10-4-6-20(16-24)19-30-13-5-9-23-17-27(31)26(18-25(23)30)29-14-11-22(12-15-29)21-7-2-1-3-8-21/h1-4,6-8,10,16,22-23,25-27,31H,5,9,11-15,17-19H2/t23?,25?,26-,27-/m1/s1. The quantitative estimate of drug-likeness (QED) is 0.546. The van der Waals surface area contributed by atoms with Crippen LogP contribution in [0.2, 0.25) is 0 Å². The first-order valence-electron chi connectivity index (χ1n) is 12.1. The van der Waals surface area contributed by atoms with Crippen molar-refractivity contribution in [1.82, 2.24) is 9.80 Å². The van der Waals surface area contributed by atoms with Gasteiger partial charge in [0.15, 0.2) is 0 Å². The minimum Gasteiger partial charge on any atom is -0.391 e. The third-order valence-corrected chi connectivity index (χ3v) is 8.72. The zero-order valence-electron chi connectivity index (χ0n) is 18.4. The predicted molar refractivity (Wildman–Crippen MR) is 135 cm³/mol. The summed E-state index contributed by atoms with van der Waals surface area (Å²) in [5.41, 5.74) is 2.92. The Morgan fingerprint density at radius 2 is 1.68 bits per heavy atom. The molecule has 2 heterocycles. The van der Waals surface area contributed by atoms with E-state index < -0.39 is 0 Å². The number of rotatable bonds is 4. The molecule has 2 aromatic carbocycles. The maximum Gasteiger partial charge on any atom is 0.0699 e. The van der Waals surface area contributed by atoms with Crippen molar-refractivity contribution >= 4 is 22.6 Å². The molecule has 0 amide bonds. The van der Waals surface area contributed by atoms with E-state index in [1.165, 1.54) is 46.9 Å². The van der Waals surface area contributed by atoms with Crippen molar-refractivity contribution < 1.29 is 5.11 Å². The van der Waals surface area contributed by atoms with Crippen LogP contribution in [0.3, 0.4) is 0 Å². The third-order valence-electron chi connectivity index (χ3n) is 8.05. The normalized spacial score (nSPS) is 30.8. The van der Waals surface area contributed by atoms with Crippen molar-refractivity contribution in [1.29, 1.82) is 0 Å². The molecular formula is C27H35IN2O. The third kappa shape index (κ3) is 5.02. The van der Waals surface area contributed by atoms with Gasteiger partial charge in [-0.25, -0.2) is 0 Å². The van der Waals surface area contributed by atoms with E-state index in [-0.39, 0.29) is 6.10 Å². The molecule has 5 rings (SSSR count). The number of benzene rings is 2. The average molecular weight is 530 g/mol. The van der Waals surface area contributed by atoms with E-state index in [1.54, 1.807) is 0 Å². The molecule has 3 nitrogen and oxygen atoms in total. The molecule has 2 unspecified atom stereocenters. The highest BCUT2D eigenvalue weighted by Crippen LogP contribution is 2.39. The smallest absolute Gasteiger partial charge is 0.0699 e. The first kappa shape index (κ1) is 21.9. The van der Waals surface area contributed by atoms with Gasteiger partial charge >= 0.3 is 0 Å². The first-order chi connectivity index (χ1) is 15.2. The maximum absolute atomic E-state index is 11.1. The summed E-state index contributed by atoms with van der Waals surface area (Å²) in [6.07, 6.45) is 6.94. The van der Waals surface area contributed by atoms with Crippen LogP contribution in [-0.2, 0) is 6.54 Å². The molecule has 0 aromatic heterocycles. The van der Waals surface area contributed by atoms with Crippen LogP contribution in [0.4, 0.5) is 0 Å². The van der Waals surface area contributed by atoms with E-state index >= 15 is 0 Å². The van der Waals surface area contributed by atoms with Gasteiger partial charge in [-0.05, 0) is 116 Å². The summed E-state index contributed by atoms with van der Waals surface area (Å²) in [6, 6.07) is 20.9. The topological polar surface area (TPSA) is 26.7 Å². The number of hydrogen-bond donors (Lipinski definition) is 1. The van der Waals surface area contributed by atoms with Gasteiger partial charge in [0.05, 0.1) is 6.10 Å². The lowest BCUT2D eigenvalue weighted by molar-refractivity contribution is -0.0602. The van der Waals surface area contributed by atoms with E-state index in [0.717, 1.165) is 32.5 Å². The molecular weight excluding hydrogens is 495 g/mol. The maximum atomic E-state index is 11.1. The molecule has 166 valence electrons. The molecule has 1 aliphatic carbocycles. The van der Waals surface area contributed by atoms with Crippen LogP contribution in [0.15, 0.2) is 54.6 Å². The summed E-state index contributed by atoms with van der Waals surface area (Å²) >= 11 is 2.42. The van der Waals surface area contributed by atoms with Crippen LogP contribution in [0.5, 0.6) is 0 Å². The summed E-state index contributed by atoms with van der Waals surface area (Å²) in [4.78, 5) is 5.35. The summed E-state index contributed by atoms with van der Waals surface area (Å²) in [5.74, 6) is 1.34. The van der Waals surface area contributed by atoms with Crippen molar-refractivity contribution in [2.24, 2.45) is 5.92 Å². The Bertz CT molecular complexity index is 851. The molecule has 3 aliphatic rings. The molecule has 2 aromatic rings. The van der Waals surface area contributed by atoms with Gasteiger partial charge in [-0.15, -0.1) is 0 Å². The second-order valence-electron chi connectivity index (χ2n) is 9.90. The number of fused-ring (bicyclic) bond motifs is 1. The Morgan fingerprint density at radius 1 is 0.871 bits per heavy atom. The SMILES string of the molecule is O[C@@H]1CC2CCCN(Cc3cccc(I)c3)C2C[C@H]1N1CCC(c2ccccc2)CC1. The van der Waals surface area contributed by atoms with E-state index in [9.17, 15) is 5.11 Å². The van der Waals surface area contributed by atoms with Crippen LogP contribution in [0.1, 0.15) is 55.6 Å². The molecule has 4 atom stereocenters. The van der Waals surface area contributed by atoms with Crippen molar-refractivity contribution in [2.75, 3.05) is 19.6 Å². The van der Waals surface area contributed by atoms with Gasteiger partial charge in [0.1, 0.15) is 0 Å². The number of hydrogen-bond acceptors (Lipinski definition) is 3. The van der Waals surface area contributed by atoms with Crippen LogP contribution in [-0.4, -0.2) is 52.7 Å². The fourth-order valence-corrected chi connectivity index (χ4v) is 7.06. The van der Waals surface area contributed by atoms with Crippen LogP contribution in [0.25, 0.3) is 0 Å². The Labute approximate surface area is 201 Å². The second kappa shape index (κ2) is 9.90. The van der Waals surface area contributed by atoms with E-state index in [4.69, 9.17) is 0 Å². The second-order valence-corrected chi connectivity index (χ2v) is 11.1. The zero-order chi connectivity index (χ0) is 21.2. The highest BCUT2D eigenvalue weighted by Gasteiger charge is 2.43. The minimum atomic E-state index is -0.160. The largest absolute Gasteiger partial charge is 0.391 e. The Hall–Kier alpha value is -0.950. The molecule has 1 saturated carbocycles. The van der Waals surface area contributed by atoms with Gasteiger partial charge < -0.3 is 5.11 Å². The van der Waals surface area contributed by atoms with E-state index in [2.05, 4.69) is 87.0 Å². The molecule has 0 bridgehead atoms. The molecule has 0 spiro atoms. The molecule has 0 radical (unpaired) electrons. The van der Waals surface area contributed by atoms with Crippen molar-refractivity contribution in [2.45, 2.75) is 69.2 Å². The lowest BCUT2D eigenvalue weighted by Crippen LogP contribution is -2.58. The summed E-state index contributed by atoms with van der Waals surface area (Å²) in [5, 5.41) is 11.1.